The Labute approximate surface area is 148 Å². The standard InChI is InChI=1S/C17H14Cl2O3S/c18-13-5-1-11(2-6-13)10-23-16(17(21)22)9-15(20)12-3-7-14(19)8-4-12/h1-8,16H,9-10H2,(H,21,22). The zero-order valence-electron chi connectivity index (χ0n) is 12.0. The number of thioether (sulfide) groups is 1. The van der Waals surface area contributed by atoms with Crippen LogP contribution in [-0.2, 0) is 10.5 Å². The summed E-state index contributed by atoms with van der Waals surface area (Å²) in [5.74, 6) is -0.703. The lowest BCUT2D eigenvalue weighted by Crippen LogP contribution is -2.20. The fraction of sp³-hybridized carbons (Fsp3) is 0.176. The normalized spacial score (nSPS) is 11.9. The van der Waals surface area contributed by atoms with Gasteiger partial charge in [-0.25, -0.2) is 0 Å². The second kappa shape index (κ2) is 8.39. The van der Waals surface area contributed by atoms with Gasteiger partial charge in [0.05, 0.1) is 0 Å². The molecule has 0 radical (unpaired) electrons. The third-order valence-electron chi connectivity index (χ3n) is 3.18. The van der Waals surface area contributed by atoms with E-state index in [9.17, 15) is 14.7 Å². The highest BCUT2D eigenvalue weighted by Gasteiger charge is 2.22. The third-order valence-corrected chi connectivity index (χ3v) is 4.95. The summed E-state index contributed by atoms with van der Waals surface area (Å²) in [6, 6.07) is 13.6. The van der Waals surface area contributed by atoms with E-state index in [1.807, 2.05) is 12.1 Å². The van der Waals surface area contributed by atoms with E-state index < -0.39 is 11.2 Å². The second-order valence-electron chi connectivity index (χ2n) is 4.90. The number of ketones is 1. The molecular formula is C17H14Cl2O3S. The molecule has 0 aliphatic heterocycles. The third kappa shape index (κ3) is 5.57. The molecule has 0 bridgehead atoms. The first kappa shape index (κ1) is 17.9. The number of carboxylic acids is 1. The van der Waals surface area contributed by atoms with Gasteiger partial charge in [-0.1, -0.05) is 35.3 Å². The molecule has 0 aliphatic rings. The van der Waals surface area contributed by atoms with Gasteiger partial charge >= 0.3 is 5.97 Å². The first-order valence-electron chi connectivity index (χ1n) is 6.83. The Morgan fingerprint density at radius 2 is 1.48 bits per heavy atom. The summed E-state index contributed by atoms with van der Waals surface area (Å²) in [5, 5.41) is 9.69. The van der Waals surface area contributed by atoms with Gasteiger partial charge in [0.2, 0.25) is 0 Å². The minimum absolute atomic E-state index is 0.0603. The highest BCUT2D eigenvalue weighted by molar-refractivity contribution is 7.99. The quantitative estimate of drug-likeness (QED) is 0.702. The number of Topliss-reactive ketones (excluding diaryl/α,β-unsaturated/α-hetero) is 1. The van der Waals surface area contributed by atoms with Crippen LogP contribution in [0.1, 0.15) is 22.3 Å². The number of hydrogen-bond donors (Lipinski definition) is 1. The first-order chi connectivity index (χ1) is 11.0. The van der Waals surface area contributed by atoms with Crippen molar-refractivity contribution in [3.8, 4) is 0 Å². The van der Waals surface area contributed by atoms with Gasteiger partial charge in [0, 0.05) is 27.8 Å². The molecule has 23 heavy (non-hydrogen) atoms. The molecule has 0 spiro atoms. The second-order valence-corrected chi connectivity index (χ2v) is 6.96. The fourth-order valence-electron chi connectivity index (χ4n) is 1.92. The Kier molecular flexibility index (Phi) is 6.51. The lowest BCUT2D eigenvalue weighted by atomic mass is 10.1. The van der Waals surface area contributed by atoms with Crippen LogP contribution in [0, 0.1) is 0 Å². The fourth-order valence-corrected chi connectivity index (χ4v) is 3.17. The van der Waals surface area contributed by atoms with E-state index in [4.69, 9.17) is 23.2 Å². The minimum atomic E-state index is -0.994. The first-order valence-corrected chi connectivity index (χ1v) is 8.64. The van der Waals surface area contributed by atoms with Crippen LogP contribution in [0.25, 0.3) is 0 Å². The smallest absolute Gasteiger partial charge is 0.317 e. The summed E-state index contributed by atoms with van der Waals surface area (Å²) in [6.07, 6.45) is -0.0603. The molecule has 1 atom stereocenters. The molecule has 0 aliphatic carbocycles. The molecule has 2 rings (SSSR count). The number of carboxylic acid groups (broad SMARTS) is 1. The van der Waals surface area contributed by atoms with E-state index in [0.29, 0.717) is 21.4 Å². The van der Waals surface area contributed by atoms with Gasteiger partial charge in [0.15, 0.2) is 5.78 Å². The maximum absolute atomic E-state index is 12.2. The number of rotatable bonds is 7. The van der Waals surface area contributed by atoms with Crippen molar-refractivity contribution in [2.45, 2.75) is 17.4 Å². The van der Waals surface area contributed by atoms with Crippen molar-refractivity contribution in [3.05, 3.63) is 69.7 Å². The SMILES string of the molecule is O=C(CC(SCc1ccc(Cl)cc1)C(=O)O)c1ccc(Cl)cc1. The summed E-state index contributed by atoms with van der Waals surface area (Å²) < 4.78 is 0. The van der Waals surface area contributed by atoms with Gasteiger partial charge in [-0.05, 0) is 42.0 Å². The van der Waals surface area contributed by atoms with Crippen molar-refractivity contribution in [2.24, 2.45) is 0 Å². The van der Waals surface area contributed by atoms with Crippen LogP contribution < -0.4 is 0 Å². The Bertz CT molecular complexity index is 684. The van der Waals surface area contributed by atoms with Gasteiger partial charge in [0.25, 0.3) is 0 Å². The number of carbonyl (C=O) groups excluding carboxylic acids is 1. The molecule has 2 aromatic rings. The number of aliphatic carboxylic acids is 1. The van der Waals surface area contributed by atoms with E-state index in [1.165, 1.54) is 11.8 Å². The number of hydrogen-bond acceptors (Lipinski definition) is 3. The van der Waals surface area contributed by atoms with Gasteiger partial charge in [-0.15, -0.1) is 11.8 Å². The van der Waals surface area contributed by atoms with Crippen LogP contribution >= 0.6 is 35.0 Å². The topological polar surface area (TPSA) is 54.4 Å². The zero-order chi connectivity index (χ0) is 16.8. The van der Waals surface area contributed by atoms with E-state index >= 15 is 0 Å². The maximum atomic E-state index is 12.2. The molecule has 0 fully saturated rings. The van der Waals surface area contributed by atoms with Crippen molar-refractivity contribution in [2.75, 3.05) is 0 Å². The lowest BCUT2D eigenvalue weighted by molar-refractivity contribution is -0.136. The highest BCUT2D eigenvalue weighted by atomic mass is 35.5. The summed E-state index contributed by atoms with van der Waals surface area (Å²) in [7, 11) is 0. The zero-order valence-corrected chi connectivity index (χ0v) is 14.4. The summed E-state index contributed by atoms with van der Waals surface area (Å²) in [4.78, 5) is 23.6. The molecule has 3 nitrogen and oxygen atoms in total. The Morgan fingerprint density at radius 3 is 2.00 bits per heavy atom. The molecular weight excluding hydrogens is 355 g/mol. The monoisotopic (exact) mass is 368 g/mol. The van der Waals surface area contributed by atoms with Gasteiger partial charge in [0.1, 0.15) is 5.25 Å². The molecule has 0 saturated heterocycles. The molecule has 0 amide bonds. The van der Waals surface area contributed by atoms with E-state index in [0.717, 1.165) is 5.56 Å². The van der Waals surface area contributed by atoms with E-state index in [-0.39, 0.29) is 12.2 Å². The van der Waals surface area contributed by atoms with E-state index in [2.05, 4.69) is 0 Å². The predicted octanol–water partition coefficient (Wildman–Crippen LogP) is 4.95. The lowest BCUT2D eigenvalue weighted by Gasteiger charge is -2.11. The van der Waals surface area contributed by atoms with Gasteiger partial charge in [-0.3, -0.25) is 9.59 Å². The van der Waals surface area contributed by atoms with Crippen molar-refractivity contribution < 1.29 is 14.7 Å². The largest absolute Gasteiger partial charge is 0.480 e. The molecule has 120 valence electrons. The predicted molar refractivity (Wildman–Crippen MR) is 94.6 cm³/mol. The number of benzene rings is 2. The molecule has 0 heterocycles. The van der Waals surface area contributed by atoms with Gasteiger partial charge in [-0.2, -0.15) is 0 Å². The summed E-state index contributed by atoms with van der Waals surface area (Å²) in [6.45, 7) is 0. The van der Waals surface area contributed by atoms with Crippen LogP contribution in [0.15, 0.2) is 48.5 Å². The van der Waals surface area contributed by atoms with Crippen LogP contribution in [0.2, 0.25) is 10.0 Å². The molecule has 0 saturated carbocycles. The average Bonchev–Trinajstić information content (AvgIpc) is 2.53. The number of carbonyl (C=O) groups is 2. The van der Waals surface area contributed by atoms with Crippen molar-refractivity contribution in [3.63, 3.8) is 0 Å². The maximum Gasteiger partial charge on any atom is 0.317 e. The molecule has 6 heteroatoms. The molecule has 1 unspecified atom stereocenters. The van der Waals surface area contributed by atoms with Crippen LogP contribution in [-0.4, -0.2) is 22.1 Å². The van der Waals surface area contributed by atoms with E-state index in [1.54, 1.807) is 36.4 Å². The van der Waals surface area contributed by atoms with Gasteiger partial charge < -0.3 is 5.11 Å². The van der Waals surface area contributed by atoms with Crippen molar-refractivity contribution >= 4 is 46.7 Å². The van der Waals surface area contributed by atoms with Crippen LogP contribution in [0.3, 0.4) is 0 Å². The Balaban J connectivity index is 1.98. The Hall–Kier alpha value is -1.49. The molecule has 1 N–H and O–H groups in total. The Morgan fingerprint density at radius 1 is 0.957 bits per heavy atom. The summed E-state index contributed by atoms with van der Waals surface area (Å²) in [5.41, 5.74) is 1.43. The minimum Gasteiger partial charge on any atom is -0.480 e. The molecule has 0 aromatic heterocycles. The van der Waals surface area contributed by atoms with Crippen molar-refractivity contribution in [1.29, 1.82) is 0 Å². The average molecular weight is 369 g/mol. The summed E-state index contributed by atoms with van der Waals surface area (Å²) >= 11 is 12.8. The highest BCUT2D eigenvalue weighted by Crippen LogP contribution is 2.23. The van der Waals surface area contributed by atoms with Crippen LogP contribution in [0.4, 0.5) is 0 Å². The van der Waals surface area contributed by atoms with Crippen LogP contribution in [0.5, 0.6) is 0 Å². The van der Waals surface area contributed by atoms with Crippen molar-refractivity contribution in [1.82, 2.24) is 0 Å². The number of halogens is 2. The molecule has 2 aromatic carbocycles.